The Hall–Kier alpha value is -3.85. The van der Waals surface area contributed by atoms with Crippen LogP contribution < -0.4 is 0 Å². The molecule has 2 fully saturated rings. The summed E-state index contributed by atoms with van der Waals surface area (Å²) in [5, 5.41) is 1.23. The molecule has 5 aromatic rings. The van der Waals surface area contributed by atoms with Gasteiger partial charge in [0.15, 0.2) is 0 Å². The van der Waals surface area contributed by atoms with Crippen LogP contribution in [0.4, 0.5) is 0 Å². The van der Waals surface area contributed by atoms with E-state index in [-0.39, 0.29) is 5.41 Å². The highest BCUT2D eigenvalue weighted by molar-refractivity contribution is 5.84. The van der Waals surface area contributed by atoms with Gasteiger partial charge in [0.1, 0.15) is 0 Å². The first-order valence-corrected chi connectivity index (χ1v) is 17.8. The van der Waals surface area contributed by atoms with Crippen molar-refractivity contribution in [1.82, 2.24) is 15.0 Å². The van der Waals surface area contributed by atoms with Crippen LogP contribution in [-0.2, 0) is 5.41 Å². The minimum absolute atomic E-state index is 0.0206. The van der Waals surface area contributed by atoms with Crippen molar-refractivity contribution in [1.29, 1.82) is 0 Å². The fourth-order valence-corrected chi connectivity index (χ4v) is 10.1. The van der Waals surface area contributed by atoms with Crippen molar-refractivity contribution in [2.45, 2.75) is 108 Å². The number of hydrogen-bond donors (Lipinski definition) is 0. The summed E-state index contributed by atoms with van der Waals surface area (Å²) in [7, 11) is 0. The maximum absolute atomic E-state index is 5.13. The zero-order chi connectivity index (χ0) is 31.2. The molecule has 2 saturated carbocycles. The summed E-state index contributed by atoms with van der Waals surface area (Å²) in [6.45, 7) is 9.12. The molecule has 3 heteroatoms. The van der Waals surface area contributed by atoms with Gasteiger partial charge in [-0.1, -0.05) is 49.7 Å². The number of aromatic nitrogens is 3. The highest BCUT2D eigenvalue weighted by atomic mass is 14.8. The number of aryl methyl sites for hydroxylation is 2. The molecule has 2 heterocycles. The Labute approximate surface area is 273 Å². The molecule has 232 valence electrons. The molecular formula is C43H45N3. The molecule has 11 rings (SSSR count). The van der Waals surface area contributed by atoms with Crippen LogP contribution >= 0.6 is 0 Å². The topological polar surface area (TPSA) is 38.7 Å². The van der Waals surface area contributed by atoms with Gasteiger partial charge in [-0.2, -0.15) is 0 Å². The summed E-state index contributed by atoms with van der Waals surface area (Å²) >= 11 is 0. The molecule has 0 amide bonds. The van der Waals surface area contributed by atoms with Gasteiger partial charge in [0.25, 0.3) is 0 Å². The third-order valence-corrected chi connectivity index (χ3v) is 12.4. The number of pyridine rings is 1. The van der Waals surface area contributed by atoms with E-state index in [0.717, 1.165) is 40.9 Å². The Balaban J connectivity index is 0.948. The van der Waals surface area contributed by atoms with Crippen LogP contribution in [-0.4, -0.2) is 15.0 Å². The highest BCUT2D eigenvalue weighted by Gasteiger charge is 2.42. The van der Waals surface area contributed by atoms with Gasteiger partial charge in [0.05, 0.1) is 28.8 Å². The molecule has 4 bridgehead atoms. The number of nitrogens with zero attached hydrogens (tertiary/aromatic N) is 3. The molecule has 3 aromatic carbocycles. The lowest BCUT2D eigenvalue weighted by Gasteiger charge is -2.46. The molecule has 6 aliphatic carbocycles. The first kappa shape index (κ1) is 28.4. The zero-order valence-electron chi connectivity index (χ0n) is 27.8. The second kappa shape index (κ2) is 10.6. The molecule has 0 N–H and O–H groups in total. The first-order chi connectivity index (χ1) is 22.3. The van der Waals surface area contributed by atoms with Crippen LogP contribution in [0.25, 0.3) is 33.4 Å². The van der Waals surface area contributed by atoms with E-state index in [2.05, 4.69) is 94.6 Å². The quantitative estimate of drug-likeness (QED) is 0.201. The Morgan fingerprint density at radius 2 is 1.39 bits per heavy atom. The van der Waals surface area contributed by atoms with Crippen molar-refractivity contribution in [2.24, 2.45) is 5.92 Å². The Morgan fingerprint density at radius 3 is 2.20 bits per heavy atom. The average molecular weight is 604 g/mol. The summed E-state index contributed by atoms with van der Waals surface area (Å²) in [5.74, 6) is 3.46. The summed E-state index contributed by atoms with van der Waals surface area (Å²) in [6.07, 6.45) is 14.6. The van der Waals surface area contributed by atoms with Crippen molar-refractivity contribution >= 4 is 10.9 Å². The van der Waals surface area contributed by atoms with E-state index >= 15 is 0 Å². The lowest BCUT2D eigenvalue weighted by Crippen LogP contribution is -2.34. The van der Waals surface area contributed by atoms with Gasteiger partial charge < -0.3 is 0 Å². The van der Waals surface area contributed by atoms with Gasteiger partial charge >= 0.3 is 0 Å². The van der Waals surface area contributed by atoms with Crippen LogP contribution in [0.1, 0.15) is 128 Å². The highest BCUT2D eigenvalue weighted by Crippen LogP contribution is 2.56. The fourth-order valence-electron chi connectivity index (χ4n) is 10.1. The van der Waals surface area contributed by atoms with Gasteiger partial charge in [0.2, 0.25) is 0 Å². The van der Waals surface area contributed by atoms with E-state index in [1.807, 2.05) is 6.20 Å². The summed E-state index contributed by atoms with van der Waals surface area (Å²) < 4.78 is 0. The SMILES string of the molecule is Cc1ccc2nc(-c3ccc4c(c3)C3CCC4C(CC(C)(C)c4cnc(-c5ccc6c(c5)C5CCC6CC5)cn4)C3)c(C)cc2c1. The standard InChI is InChI=1S/C43H45N3/c1-25-5-16-39-32(17-25)18-26(2)42(46-39)31-12-15-36-35-13-10-29(38(36)21-31)19-33(35)22-43(3,4)41-24-44-40(23-45-41)30-11-14-34-27-6-8-28(9-7-27)37(34)20-30/h5,11-12,14-18,20-21,23-24,27-29,33,35H,6-10,13,19,22H2,1-4H3. The normalized spacial score (nSPS) is 24.7. The van der Waals surface area contributed by atoms with Crippen LogP contribution in [0.5, 0.6) is 0 Å². The van der Waals surface area contributed by atoms with Gasteiger partial charge in [0, 0.05) is 28.1 Å². The number of benzene rings is 3. The van der Waals surface area contributed by atoms with Gasteiger partial charge in [-0.25, -0.2) is 4.98 Å². The van der Waals surface area contributed by atoms with Crippen LogP contribution in [0.3, 0.4) is 0 Å². The Bertz CT molecular complexity index is 1980. The summed E-state index contributed by atoms with van der Waals surface area (Å²) in [5.41, 5.74) is 15.7. The smallest absolute Gasteiger partial charge is 0.0885 e. The molecule has 0 saturated heterocycles. The molecule has 3 atom stereocenters. The maximum atomic E-state index is 5.13. The van der Waals surface area contributed by atoms with E-state index in [4.69, 9.17) is 15.0 Å². The van der Waals surface area contributed by atoms with Crippen LogP contribution in [0, 0.1) is 19.8 Å². The van der Waals surface area contributed by atoms with E-state index in [9.17, 15) is 0 Å². The predicted molar refractivity (Wildman–Crippen MR) is 189 cm³/mol. The summed E-state index contributed by atoms with van der Waals surface area (Å²) in [6, 6.07) is 23.2. The fraction of sp³-hybridized carbons (Fsp3) is 0.419. The van der Waals surface area contributed by atoms with Crippen LogP contribution in [0.15, 0.2) is 73.1 Å². The third kappa shape index (κ3) is 4.64. The zero-order valence-corrected chi connectivity index (χ0v) is 27.8. The van der Waals surface area contributed by atoms with Crippen molar-refractivity contribution in [3.63, 3.8) is 0 Å². The second-order valence-corrected chi connectivity index (χ2v) is 15.8. The van der Waals surface area contributed by atoms with E-state index in [0.29, 0.717) is 17.8 Å². The molecule has 3 unspecified atom stereocenters. The van der Waals surface area contributed by atoms with E-state index in [1.165, 1.54) is 72.6 Å². The number of fused-ring (bicyclic) bond motifs is 5. The Kier molecular flexibility index (Phi) is 6.53. The van der Waals surface area contributed by atoms with Crippen molar-refractivity contribution in [3.8, 4) is 22.5 Å². The van der Waals surface area contributed by atoms with E-state index < -0.39 is 0 Å². The third-order valence-electron chi connectivity index (χ3n) is 12.4. The van der Waals surface area contributed by atoms with Crippen LogP contribution in [0.2, 0.25) is 0 Å². The first-order valence-electron chi connectivity index (χ1n) is 17.8. The van der Waals surface area contributed by atoms with Crippen molar-refractivity contribution in [3.05, 3.63) is 112 Å². The van der Waals surface area contributed by atoms with E-state index in [1.54, 1.807) is 22.3 Å². The lowest BCUT2D eigenvalue weighted by atomic mass is 9.58. The minimum Gasteiger partial charge on any atom is -0.257 e. The van der Waals surface area contributed by atoms with Gasteiger partial charge in [-0.3, -0.25) is 9.97 Å². The second-order valence-electron chi connectivity index (χ2n) is 15.8. The monoisotopic (exact) mass is 603 g/mol. The molecule has 0 radical (unpaired) electrons. The van der Waals surface area contributed by atoms with Gasteiger partial charge in [-0.05, 0) is 153 Å². The summed E-state index contributed by atoms with van der Waals surface area (Å²) in [4.78, 5) is 15.2. The maximum Gasteiger partial charge on any atom is 0.0885 e. The van der Waals surface area contributed by atoms with Gasteiger partial charge in [-0.15, -0.1) is 0 Å². The molecule has 46 heavy (non-hydrogen) atoms. The lowest BCUT2D eigenvalue weighted by molar-refractivity contribution is 0.202. The molecule has 3 nitrogen and oxygen atoms in total. The molecule has 2 aromatic heterocycles. The Morgan fingerprint density at radius 1 is 0.674 bits per heavy atom. The predicted octanol–water partition coefficient (Wildman–Crippen LogP) is 11.1. The average Bonchev–Trinajstić information content (AvgIpc) is 3.08. The number of rotatable bonds is 5. The molecule has 0 spiro atoms. The molecule has 6 aliphatic rings. The van der Waals surface area contributed by atoms with Crippen molar-refractivity contribution in [2.75, 3.05) is 0 Å². The van der Waals surface area contributed by atoms with Crippen molar-refractivity contribution < 1.29 is 0 Å². The molecule has 0 aliphatic heterocycles. The minimum atomic E-state index is -0.0206. The molecular weight excluding hydrogens is 558 g/mol. The number of hydrogen-bond acceptors (Lipinski definition) is 3. The largest absolute Gasteiger partial charge is 0.257 e.